The molecule has 0 atom stereocenters. The highest BCUT2D eigenvalue weighted by Gasteiger charge is 2.10. The van der Waals surface area contributed by atoms with E-state index >= 15 is 0 Å². The molecule has 0 unspecified atom stereocenters. The molecule has 1 rings (SSSR count). The van der Waals surface area contributed by atoms with Crippen LogP contribution in [0.4, 0.5) is 0 Å². The Morgan fingerprint density at radius 2 is 1.88 bits per heavy atom. The molecule has 136 valence electrons. The van der Waals surface area contributed by atoms with Crippen LogP contribution >= 0.6 is 0 Å². The monoisotopic (exact) mass is 337 g/mol. The van der Waals surface area contributed by atoms with Crippen molar-refractivity contribution in [3.05, 3.63) is 82.2 Å². The van der Waals surface area contributed by atoms with Gasteiger partial charge in [-0.2, -0.15) is 0 Å². The summed E-state index contributed by atoms with van der Waals surface area (Å²) >= 11 is 0. The third-order valence-corrected chi connectivity index (χ3v) is 4.62. The first-order valence-corrected chi connectivity index (χ1v) is 9.27. The molecule has 0 amide bonds. The number of nitrogens with zero attached hydrogens (tertiary/aromatic N) is 1. The highest BCUT2D eigenvalue weighted by Crippen LogP contribution is 2.28. The van der Waals surface area contributed by atoms with Crippen molar-refractivity contribution in [2.24, 2.45) is 0 Å². The summed E-state index contributed by atoms with van der Waals surface area (Å²) in [6.07, 6.45) is 15.5. The summed E-state index contributed by atoms with van der Waals surface area (Å²) in [5, 5.41) is 0. The van der Waals surface area contributed by atoms with Gasteiger partial charge >= 0.3 is 0 Å². The van der Waals surface area contributed by atoms with Crippen molar-refractivity contribution in [1.29, 1.82) is 0 Å². The van der Waals surface area contributed by atoms with Crippen LogP contribution < -0.4 is 0 Å². The van der Waals surface area contributed by atoms with Gasteiger partial charge in [0.15, 0.2) is 0 Å². The van der Waals surface area contributed by atoms with Crippen LogP contribution in [0.15, 0.2) is 82.2 Å². The van der Waals surface area contributed by atoms with E-state index < -0.39 is 0 Å². The molecule has 0 aromatic heterocycles. The minimum Gasteiger partial charge on any atom is -0.376 e. The molecule has 0 fully saturated rings. The van der Waals surface area contributed by atoms with E-state index in [4.69, 9.17) is 0 Å². The maximum absolute atomic E-state index is 4.20. The first-order chi connectivity index (χ1) is 11.8. The number of hydrogen-bond acceptors (Lipinski definition) is 1. The lowest BCUT2D eigenvalue weighted by Gasteiger charge is -2.20. The maximum Gasteiger partial charge on any atom is 0.0354 e. The van der Waals surface area contributed by atoms with Crippen molar-refractivity contribution in [3.63, 3.8) is 0 Å². The summed E-state index contributed by atoms with van der Waals surface area (Å²) in [7, 11) is 2.12. The molecule has 0 spiro atoms. The van der Waals surface area contributed by atoms with Gasteiger partial charge in [0.1, 0.15) is 0 Å². The molecule has 1 heteroatoms. The Morgan fingerprint density at radius 3 is 2.36 bits per heavy atom. The van der Waals surface area contributed by atoms with Crippen molar-refractivity contribution < 1.29 is 0 Å². The van der Waals surface area contributed by atoms with Gasteiger partial charge in [-0.05, 0) is 69.8 Å². The summed E-state index contributed by atoms with van der Waals surface area (Å²) in [6, 6.07) is 0. The molecular formula is C24H35N. The minimum atomic E-state index is 0.965. The molecule has 0 saturated heterocycles. The molecule has 0 aliphatic carbocycles. The number of likely N-dealkylation sites (N-methyl/N-ethyl adjacent to an activating group) is 1. The van der Waals surface area contributed by atoms with Gasteiger partial charge in [0, 0.05) is 19.8 Å². The van der Waals surface area contributed by atoms with Gasteiger partial charge in [-0.3, -0.25) is 0 Å². The standard InChI is InChI=1S/C24H35N/c1-9-20(7)24(18(4)5)22(11-3)16-19(6)15-21(10-2)23-13-12-14-25(8)17-23/h10-13,16-17H,4,9,14-15H2,1-3,5-8H3/b19-16-,21-10+,22-11+,24-20?. The van der Waals surface area contributed by atoms with Gasteiger partial charge in [-0.1, -0.05) is 60.6 Å². The van der Waals surface area contributed by atoms with E-state index in [9.17, 15) is 0 Å². The van der Waals surface area contributed by atoms with Crippen molar-refractivity contribution >= 4 is 0 Å². The summed E-state index contributed by atoms with van der Waals surface area (Å²) in [5.74, 6) is 0. The zero-order valence-corrected chi connectivity index (χ0v) is 17.2. The first kappa shape index (κ1) is 21.0. The van der Waals surface area contributed by atoms with Crippen molar-refractivity contribution in [1.82, 2.24) is 4.90 Å². The quantitative estimate of drug-likeness (QED) is 0.456. The summed E-state index contributed by atoms with van der Waals surface area (Å²) < 4.78 is 0. The van der Waals surface area contributed by atoms with E-state index in [1.165, 1.54) is 33.4 Å². The third kappa shape index (κ3) is 6.08. The van der Waals surface area contributed by atoms with E-state index in [1.807, 2.05) is 0 Å². The van der Waals surface area contributed by atoms with Crippen LogP contribution in [0.3, 0.4) is 0 Å². The molecule has 25 heavy (non-hydrogen) atoms. The molecule has 1 heterocycles. The Morgan fingerprint density at radius 1 is 1.20 bits per heavy atom. The van der Waals surface area contributed by atoms with Crippen LogP contribution in [0.25, 0.3) is 0 Å². The van der Waals surface area contributed by atoms with Gasteiger partial charge in [0.05, 0.1) is 0 Å². The van der Waals surface area contributed by atoms with E-state index in [0.717, 1.165) is 25.0 Å². The second-order valence-electron chi connectivity index (χ2n) is 6.94. The molecule has 0 aromatic carbocycles. The predicted molar refractivity (Wildman–Crippen MR) is 114 cm³/mol. The van der Waals surface area contributed by atoms with E-state index in [2.05, 4.69) is 96.6 Å². The van der Waals surface area contributed by atoms with Crippen LogP contribution in [0.2, 0.25) is 0 Å². The summed E-state index contributed by atoms with van der Waals surface area (Å²) in [6.45, 7) is 18.2. The zero-order chi connectivity index (χ0) is 19.0. The average molecular weight is 338 g/mol. The van der Waals surface area contributed by atoms with Gasteiger partial charge in [-0.15, -0.1) is 0 Å². The van der Waals surface area contributed by atoms with Crippen molar-refractivity contribution in [3.8, 4) is 0 Å². The Kier molecular flexibility index (Phi) is 8.48. The van der Waals surface area contributed by atoms with Gasteiger partial charge in [0.2, 0.25) is 0 Å². The number of hydrogen-bond donors (Lipinski definition) is 0. The molecule has 1 aliphatic rings. The molecule has 0 aromatic rings. The first-order valence-electron chi connectivity index (χ1n) is 9.27. The van der Waals surface area contributed by atoms with Gasteiger partial charge < -0.3 is 4.90 Å². The maximum atomic E-state index is 4.20. The molecule has 1 aliphatic heterocycles. The minimum absolute atomic E-state index is 0.965. The second kappa shape index (κ2) is 10.1. The molecular weight excluding hydrogens is 302 g/mol. The highest BCUT2D eigenvalue weighted by molar-refractivity contribution is 5.53. The topological polar surface area (TPSA) is 3.24 Å². The average Bonchev–Trinajstić information content (AvgIpc) is 2.58. The fraction of sp³-hybridized carbons (Fsp3) is 0.417. The molecule has 0 radical (unpaired) electrons. The smallest absolute Gasteiger partial charge is 0.0354 e. The van der Waals surface area contributed by atoms with Crippen molar-refractivity contribution in [2.45, 2.75) is 54.4 Å². The van der Waals surface area contributed by atoms with Crippen LogP contribution in [0.1, 0.15) is 54.4 Å². The fourth-order valence-electron chi connectivity index (χ4n) is 3.19. The fourth-order valence-corrected chi connectivity index (χ4v) is 3.19. The Labute approximate surface area is 155 Å². The second-order valence-corrected chi connectivity index (χ2v) is 6.94. The molecule has 0 bridgehead atoms. The van der Waals surface area contributed by atoms with E-state index in [-0.39, 0.29) is 0 Å². The van der Waals surface area contributed by atoms with E-state index in [1.54, 1.807) is 0 Å². The molecule has 1 nitrogen and oxygen atoms in total. The van der Waals surface area contributed by atoms with Crippen LogP contribution in [-0.2, 0) is 0 Å². The van der Waals surface area contributed by atoms with Crippen molar-refractivity contribution in [2.75, 3.05) is 13.6 Å². The lowest BCUT2D eigenvalue weighted by molar-refractivity contribution is 0.500. The molecule has 0 saturated carbocycles. The Balaban J connectivity index is 3.10. The van der Waals surface area contributed by atoms with Crippen LogP contribution in [-0.4, -0.2) is 18.5 Å². The predicted octanol–water partition coefficient (Wildman–Crippen LogP) is 6.90. The lowest BCUT2D eigenvalue weighted by Crippen LogP contribution is -2.14. The number of rotatable bonds is 7. The van der Waals surface area contributed by atoms with E-state index in [0.29, 0.717) is 0 Å². The summed E-state index contributed by atoms with van der Waals surface area (Å²) in [4.78, 5) is 2.22. The largest absolute Gasteiger partial charge is 0.376 e. The SMILES string of the molecule is C=C(C)C(=C(C)CC)C(/C=C(/C)C/C(=C\C)C1=CN(C)CC=C1)=C/C. The normalized spacial score (nSPS) is 17.5. The Bertz CT molecular complexity index is 675. The Hall–Kier alpha value is -2.02. The number of allylic oxidation sites excluding steroid dienone is 11. The zero-order valence-electron chi connectivity index (χ0n) is 17.2. The highest BCUT2D eigenvalue weighted by atomic mass is 15.1. The summed E-state index contributed by atoms with van der Waals surface area (Å²) in [5.41, 5.74) is 9.18. The van der Waals surface area contributed by atoms with Gasteiger partial charge in [-0.25, -0.2) is 0 Å². The van der Waals surface area contributed by atoms with Crippen LogP contribution in [0, 0.1) is 0 Å². The van der Waals surface area contributed by atoms with Gasteiger partial charge in [0.25, 0.3) is 0 Å². The van der Waals surface area contributed by atoms with Crippen LogP contribution in [0.5, 0.6) is 0 Å². The third-order valence-electron chi connectivity index (χ3n) is 4.62. The molecule has 0 N–H and O–H groups in total. The lowest BCUT2D eigenvalue weighted by atomic mass is 9.90.